The van der Waals surface area contributed by atoms with Crippen molar-refractivity contribution in [1.29, 1.82) is 0 Å². The minimum Gasteiger partial charge on any atom is -0.360 e. The van der Waals surface area contributed by atoms with Crippen molar-refractivity contribution < 1.29 is 9.32 Å². The summed E-state index contributed by atoms with van der Waals surface area (Å²) in [6, 6.07) is 16.0. The maximum atomic E-state index is 12.8. The molecule has 3 aromatic rings. The highest BCUT2D eigenvalue weighted by Crippen LogP contribution is 2.23. The zero-order valence-electron chi connectivity index (χ0n) is 16.0. The Morgan fingerprint density at radius 3 is 2.57 bits per heavy atom. The number of anilines is 2. The number of carbonyl (C=O) groups excluding carboxylic acids is 1. The van der Waals surface area contributed by atoms with Gasteiger partial charge in [-0.25, -0.2) is 4.98 Å². The first-order chi connectivity index (χ1) is 13.7. The van der Waals surface area contributed by atoms with E-state index in [1.54, 1.807) is 24.4 Å². The third kappa shape index (κ3) is 4.39. The minimum absolute atomic E-state index is 0.0505. The number of aryl methyl sites for hydroxylation is 1. The van der Waals surface area contributed by atoms with Crippen LogP contribution in [-0.2, 0) is 6.42 Å². The first-order valence-corrected chi connectivity index (χ1v) is 9.67. The van der Waals surface area contributed by atoms with E-state index in [1.807, 2.05) is 17.9 Å². The lowest BCUT2D eigenvalue weighted by Gasteiger charge is -2.32. The van der Waals surface area contributed by atoms with Gasteiger partial charge in [0.15, 0.2) is 5.82 Å². The molecule has 0 saturated carbocycles. The molecule has 4 rings (SSSR count). The first kappa shape index (κ1) is 18.2. The largest absolute Gasteiger partial charge is 0.360 e. The fourth-order valence-electron chi connectivity index (χ4n) is 3.62. The molecule has 6 nitrogen and oxygen atoms in total. The number of pyridine rings is 1. The van der Waals surface area contributed by atoms with Crippen LogP contribution in [0.15, 0.2) is 59.3 Å². The van der Waals surface area contributed by atoms with E-state index in [2.05, 4.69) is 39.7 Å². The van der Waals surface area contributed by atoms with Gasteiger partial charge >= 0.3 is 0 Å². The number of rotatable bonds is 5. The summed E-state index contributed by atoms with van der Waals surface area (Å²) in [4.78, 5) is 19.0. The molecule has 1 amide bonds. The van der Waals surface area contributed by atoms with Crippen LogP contribution in [0.3, 0.4) is 0 Å². The van der Waals surface area contributed by atoms with Crippen molar-refractivity contribution in [2.75, 3.05) is 18.4 Å². The van der Waals surface area contributed by atoms with Gasteiger partial charge in [-0.2, -0.15) is 0 Å². The lowest BCUT2D eigenvalue weighted by molar-refractivity contribution is 0.0690. The molecule has 0 radical (unpaired) electrons. The average molecular weight is 376 g/mol. The third-order valence-electron chi connectivity index (χ3n) is 5.16. The van der Waals surface area contributed by atoms with Crippen molar-refractivity contribution in [3.8, 4) is 0 Å². The summed E-state index contributed by atoms with van der Waals surface area (Å²) in [7, 11) is 0. The number of benzene rings is 1. The molecule has 1 saturated heterocycles. The van der Waals surface area contributed by atoms with Crippen LogP contribution < -0.4 is 5.32 Å². The molecule has 1 aromatic carbocycles. The lowest BCUT2D eigenvalue weighted by atomic mass is 9.90. The van der Waals surface area contributed by atoms with E-state index in [4.69, 9.17) is 4.52 Å². The van der Waals surface area contributed by atoms with Gasteiger partial charge in [0.25, 0.3) is 5.91 Å². The molecule has 0 aliphatic carbocycles. The summed E-state index contributed by atoms with van der Waals surface area (Å²) >= 11 is 0. The van der Waals surface area contributed by atoms with Gasteiger partial charge in [-0.1, -0.05) is 35.5 Å². The second-order valence-corrected chi connectivity index (χ2v) is 7.31. The predicted molar refractivity (Wildman–Crippen MR) is 108 cm³/mol. The molecule has 1 fully saturated rings. The average Bonchev–Trinajstić information content (AvgIpc) is 3.14. The van der Waals surface area contributed by atoms with Crippen LogP contribution in [0.1, 0.15) is 34.5 Å². The van der Waals surface area contributed by atoms with Gasteiger partial charge in [-0.05, 0) is 49.8 Å². The summed E-state index contributed by atoms with van der Waals surface area (Å²) in [5.41, 5.74) is 1.99. The van der Waals surface area contributed by atoms with E-state index in [0.29, 0.717) is 23.1 Å². The van der Waals surface area contributed by atoms with Crippen LogP contribution in [0.2, 0.25) is 0 Å². The molecule has 1 aliphatic heterocycles. The maximum Gasteiger partial charge on any atom is 0.255 e. The summed E-state index contributed by atoms with van der Waals surface area (Å²) in [6.45, 7) is 3.43. The molecule has 1 N–H and O–H groups in total. The molecule has 0 bridgehead atoms. The SMILES string of the molecule is Cc1cc(Nc2ccc(C(=O)N3CCC(Cc4ccccc4)CC3)cn2)no1. The van der Waals surface area contributed by atoms with Crippen molar-refractivity contribution in [3.63, 3.8) is 0 Å². The van der Waals surface area contributed by atoms with Crippen LogP contribution >= 0.6 is 0 Å². The molecular weight excluding hydrogens is 352 g/mol. The molecule has 0 atom stereocenters. The number of carbonyl (C=O) groups is 1. The standard InChI is InChI=1S/C22H24N4O2/c1-16-13-21(25-28-16)24-20-8-7-19(15-23-20)22(27)26-11-9-18(10-12-26)14-17-5-3-2-4-6-17/h2-8,13,15,18H,9-12,14H2,1H3,(H,23,24,25). The summed E-state index contributed by atoms with van der Waals surface area (Å²) < 4.78 is 5.02. The molecule has 6 heteroatoms. The van der Waals surface area contributed by atoms with Gasteiger partial charge in [0.1, 0.15) is 11.6 Å². The molecule has 3 heterocycles. The van der Waals surface area contributed by atoms with Crippen molar-refractivity contribution in [2.24, 2.45) is 5.92 Å². The van der Waals surface area contributed by atoms with Crippen molar-refractivity contribution in [3.05, 3.63) is 71.6 Å². The lowest BCUT2D eigenvalue weighted by Crippen LogP contribution is -2.38. The number of likely N-dealkylation sites (tertiary alicyclic amines) is 1. The van der Waals surface area contributed by atoms with Gasteiger partial charge in [0.05, 0.1) is 5.56 Å². The monoisotopic (exact) mass is 376 g/mol. The second kappa shape index (κ2) is 8.25. The molecule has 144 valence electrons. The number of hydrogen-bond acceptors (Lipinski definition) is 5. The third-order valence-corrected chi connectivity index (χ3v) is 5.16. The van der Waals surface area contributed by atoms with Gasteiger partial charge in [-0.3, -0.25) is 4.79 Å². The summed E-state index contributed by atoms with van der Waals surface area (Å²) in [6.07, 6.45) is 4.79. The number of piperidine rings is 1. The predicted octanol–water partition coefficient (Wildman–Crippen LogP) is 4.22. The van der Waals surface area contributed by atoms with Gasteiger partial charge in [-0.15, -0.1) is 0 Å². The van der Waals surface area contributed by atoms with E-state index in [0.717, 1.165) is 38.1 Å². The topological polar surface area (TPSA) is 71.3 Å². The Labute approximate surface area is 164 Å². The van der Waals surface area contributed by atoms with E-state index in [1.165, 1.54) is 5.56 Å². The Bertz CT molecular complexity index is 913. The van der Waals surface area contributed by atoms with Crippen LogP contribution in [0.5, 0.6) is 0 Å². The van der Waals surface area contributed by atoms with Gasteiger partial charge < -0.3 is 14.7 Å². The molecule has 1 aliphatic rings. The number of aromatic nitrogens is 2. The van der Waals surface area contributed by atoms with E-state index in [-0.39, 0.29) is 5.91 Å². The molecule has 28 heavy (non-hydrogen) atoms. The fourth-order valence-corrected chi connectivity index (χ4v) is 3.62. The Hall–Kier alpha value is -3.15. The minimum atomic E-state index is 0.0505. The van der Waals surface area contributed by atoms with Crippen molar-refractivity contribution >= 4 is 17.5 Å². The normalized spacial score (nSPS) is 14.8. The first-order valence-electron chi connectivity index (χ1n) is 9.67. The van der Waals surface area contributed by atoms with E-state index < -0.39 is 0 Å². The van der Waals surface area contributed by atoms with Crippen LogP contribution in [-0.4, -0.2) is 34.0 Å². The van der Waals surface area contributed by atoms with Crippen LogP contribution in [0.4, 0.5) is 11.6 Å². The van der Waals surface area contributed by atoms with Crippen molar-refractivity contribution in [2.45, 2.75) is 26.2 Å². The van der Waals surface area contributed by atoms with Crippen molar-refractivity contribution in [1.82, 2.24) is 15.0 Å². The Morgan fingerprint density at radius 2 is 1.93 bits per heavy atom. The zero-order valence-corrected chi connectivity index (χ0v) is 16.0. The number of hydrogen-bond donors (Lipinski definition) is 1. The summed E-state index contributed by atoms with van der Waals surface area (Å²) in [5, 5.41) is 6.94. The highest BCUT2D eigenvalue weighted by molar-refractivity contribution is 5.94. The molecule has 0 unspecified atom stereocenters. The van der Waals surface area contributed by atoms with Crippen LogP contribution in [0, 0.1) is 12.8 Å². The van der Waals surface area contributed by atoms with Gasteiger partial charge in [0, 0.05) is 25.4 Å². The number of nitrogens with zero attached hydrogens (tertiary/aromatic N) is 3. The smallest absolute Gasteiger partial charge is 0.255 e. The zero-order chi connectivity index (χ0) is 19.3. The number of amides is 1. The fraction of sp³-hybridized carbons (Fsp3) is 0.318. The molecular formula is C22H24N4O2. The summed E-state index contributed by atoms with van der Waals surface area (Å²) in [5.74, 6) is 2.65. The Morgan fingerprint density at radius 1 is 1.14 bits per heavy atom. The highest BCUT2D eigenvalue weighted by Gasteiger charge is 2.24. The second-order valence-electron chi connectivity index (χ2n) is 7.31. The Balaban J connectivity index is 1.31. The molecule has 2 aromatic heterocycles. The van der Waals surface area contributed by atoms with E-state index >= 15 is 0 Å². The molecule has 0 spiro atoms. The Kier molecular flexibility index (Phi) is 5.37. The van der Waals surface area contributed by atoms with Crippen LogP contribution in [0.25, 0.3) is 0 Å². The maximum absolute atomic E-state index is 12.8. The quantitative estimate of drug-likeness (QED) is 0.722. The number of nitrogens with one attached hydrogen (secondary N) is 1. The highest BCUT2D eigenvalue weighted by atomic mass is 16.5. The van der Waals surface area contributed by atoms with Gasteiger partial charge in [0.2, 0.25) is 0 Å². The van der Waals surface area contributed by atoms with E-state index in [9.17, 15) is 4.79 Å².